The van der Waals surface area contributed by atoms with Crippen LogP contribution in [0.1, 0.15) is 6.42 Å². The molecule has 0 aromatic heterocycles. The first-order valence-electron chi connectivity index (χ1n) is 3.75. The maximum atomic E-state index is 10.6. The molecule has 2 saturated heterocycles. The molecule has 11 heavy (non-hydrogen) atoms. The molecule has 0 bridgehead atoms. The average Bonchev–Trinajstić information content (AvgIpc) is 2.44. The van der Waals surface area contributed by atoms with Gasteiger partial charge in [0.15, 0.2) is 5.60 Å². The zero-order valence-electron chi connectivity index (χ0n) is 6.50. The van der Waals surface area contributed by atoms with Gasteiger partial charge in [0.1, 0.15) is 6.61 Å². The SMILES string of the molecule is CN1CCC2(COC(=O)O2)C1. The standard InChI is InChI=1S/C7H11NO3/c1-8-3-2-7(4-8)5-10-6(9)11-7/h2-5H2,1H3. The van der Waals surface area contributed by atoms with Gasteiger partial charge in [-0.15, -0.1) is 0 Å². The number of carbonyl (C=O) groups is 1. The number of ether oxygens (including phenoxy) is 2. The minimum atomic E-state index is -0.514. The van der Waals surface area contributed by atoms with Crippen LogP contribution in [0.5, 0.6) is 0 Å². The van der Waals surface area contributed by atoms with Gasteiger partial charge in [0.2, 0.25) is 0 Å². The Labute approximate surface area is 65.1 Å². The van der Waals surface area contributed by atoms with Crippen LogP contribution in [-0.2, 0) is 9.47 Å². The highest BCUT2D eigenvalue weighted by molar-refractivity contribution is 5.62. The van der Waals surface area contributed by atoms with Gasteiger partial charge in [-0.2, -0.15) is 0 Å². The Morgan fingerprint density at radius 1 is 1.64 bits per heavy atom. The summed E-state index contributed by atoms with van der Waals surface area (Å²) >= 11 is 0. The van der Waals surface area contributed by atoms with Crippen molar-refractivity contribution in [1.82, 2.24) is 4.90 Å². The molecule has 2 fully saturated rings. The quantitative estimate of drug-likeness (QED) is 0.472. The van der Waals surface area contributed by atoms with Crippen LogP contribution in [0.15, 0.2) is 0 Å². The van der Waals surface area contributed by atoms with E-state index in [0.717, 1.165) is 19.5 Å². The van der Waals surface area contributed by atoms with Crippen LogP contribution < -0.4 is 0 Å². The first-order chi connectivity index (χ1) is 5.20. The minimum absolute atomic E-state index is 0.314. The summed E-state index contributed by atoms with van der Waals surface area (Å²) < 4.78 is 9.83. The van der Waals surface area contributed by atoms with Crippen molar-refractivity contribution >= 4 is 6.16 Å². The summed E-state index contributed by atoms with van der Waals surface area (Å²) in [4.78, 5) is 12.8. The van der Waals surface area contributed by atoms with E-state index in [1.165, 1.54) is 0 Å². The molecule has 4 nitrogen and oxygen atoms in total. The Morgan fingerprint density at radius 2 is 2.45 bits per heavy atom. The molecule has 2 rings (SSSR count). The van der Waals surface area contributed by atoms with Gasteiger partial charge in [-0.25, -0.2) is 4.79 Å². The van der Waals surface area contributed by atoms with Gasteiger partial charge in [0, 0.05) is 19.5 Å². The first-order valence-corrected chi connectivity index (χ1v) is 3.75. The third kappa shape index (κ3) is 1.07. The largest absolute Gasteiger partial charge is 0.509 e. The van der Waals surface area contributed by atoms with E-state index in [1.807, 2.05) is 7.05 Å². The number of rotatable bonds is 0. The van der Waals surface area contributed by atoms with E-state index < -0.39 is 6.16 Å². The van der Waals surface area contributed by atoms with E-state index in [0.29, 0.717) is 6.61 Å². The molecule has 0 aromatic carbocycles. The molecule has 2 aliphatic rings. The number of cyclic esters (lactones) is 1. The van der Waals surface area contributed by atoms with Crippen LogP contribution in [0.4, 0.5) is 4.79 Å². The van der Waals surface area contributed by atoms with Crippen LogP contribution >= 0.6 is 0 Å². The lowest BCUT2D eigenvalue weighted by atomic mass is 10.1. The topological polar surface area (TPSA) is 38.8 Å². The second-order valence-corrected chi connectivity index (χ2v) is 3.31. The Kier molecular flexibility index (Phi) is 1.32. The predicted molar refractivity (Wildman–Crippen MR) is 37.3 cm³/mol. The highest BCUT2D eigenvalue weighted by Gasteiger charge is 2.46. The molecule has 2 aliphatic heterocycles. The molecule has 2 heterocycles. The molecule has 0 N–H and O–H groups in total. The van der Waals surface area contributed by atoms with Crippen molar-refractivity contribution < 1.29 is 14.3 Å². The fourth-order valence-electron chi connectivity index (χ4n) is 1.67. The zero-order chi connectivity index (χ0) is 7.90. The lowest BCUT2D eigenvalue weighted by Gasteiger charge is -2.17. The molecule has 0 amide bonds. The summed E-state index contributed by atoms with van der Waals surface area (Å²) in [5, 5.41) is 0. The second kappa shape index (κ2) is 2.11. The van der Waals surface area contributed by atoms with E-state index in [4.69, 9.17) is 9.47 Å². The normalized spacial score (nSPS) is 37.7. The Hall–Kier alpha value is -0.770. The van der Waals surface area contributed by atoms with Crippen molar-refractivity contribution in [3.63, 3.8) is 0 Å². The van der Waals surface area contributed by atoms with E-state index in [2.05, 4.69) is 4.90 Å². The number of nitrogens with zero attached hydrogens (tertiary/aromatic N) is 1. The third-order valence-corrected chi connectivity index (χ3v) is 2.26. The van der Waals surface area contributed by atoms with Gasteiger partial charge in [-0.3, -0.25) is 0 Å². The van der Waals surface area contributed by atoms with Crippen molar-refractivity contribution in [3.05, 3.63) is 0 Å². The molecule has 1 spiro atoms. The Morgan fingerprint density at radius 3 is 2.91 bits per heavy atom. The fraction of sp³-hybridized carbons (Fsp3) is 0.857. The number of hydrogen-bond acceptors (Lipinski definition) is 4. The maximum absolute atomic E-state index is 10.6. The summed E-state index contributed by atoms with van der Waals surface area (Å²) in [5.74, 6) is 0. The van der Waals surface area contributed by atoms with Crippen molar-refractivity contribution in [2.75, 3.05) is 26.7 Å². The van der Waals surface area contributed by atoms with Gasteiger partial charge >= 0.3 is 6.16 Å². The minimum Gasteiger partial charge on any atom is -0.430 e. The molecule has 1 unspecified atom stereocenters. The molecule has 1 atom stereocenters. The van der Waals surface area contributed by atoms with Crippen molar-refractivity contribution in [3.8, 4) is 0 Å². The molecular formula is C7H11NO3. The zero-order valence-corrected chi connectivity index (χ0v) is 6.50. The number of carbonyl (C=O) groups excluding carboxylic acids is 1. The number of hydrogen-bond donors (Lipinski definition) is 0. The molecule has 4 heteroatoms. The van der Waals surface area contributed by atoms with E-state index >= 15 is 0 Å². The predicted octanol–water partition coefficient (Wildman–Crippen LogP) is 0.228. The van der Waals surface area contributed by atoms with Crippen LogP contribution in [0.25, 0.3) is 0 Å². The molecular weight excluding hydrogens is 146 g/mol. The van der Waals surface area contributed by atoms with Crippen molar-refractivity contribution in [2.45, 2.75) is 12.0 Å². The Balaban J connectivity index is 2.07. The first kappa shape index (κ1) is 6.91. The summed E-state index contributed by atoms with van der Waals surface area (Å²) in [6, 6.07) is 0. The molecule has 0 saturated carbocycles. The van der Waals surface area contributed by atoms with Gasteiger partial charge in [-0.05, 0) is 7.05 Å². The highest BCUT2D eigenvalue weighted by atomic mass is 16.8. The fourth-order valence-corrected chi connectivity index (χ4v) is 1.67. The van der Waals surface area contributed by atoms with Crippen LogP contribution in [0.3, 0.4) is 0 Å². The smallest absolute Gasteiger partial charge is 0.430 e. The lowest BCUT2D eigenvalue weighted by Crippen LogP contribution is -2.34. The number of likely N-dealkylation sites (N-methyl/N-ethyl adjacent to an activating group) is 1. The van der Waals surface area contributed by atoms with Gasteiger partial charge in [0.25, 0.3) is 0 Å². The molecule has 62 valence electrons. The van der Waals surface area contributed by atoms with Crippen LogP contribution in [0, 0.1) is 0 Å². The maximum Gasteiger partial charge on any atom is 0.509 e. The lowest BCUT2D eigenvalue weighted by molar-refractivity contribution is 0.0651. The average molecular weight is 157 g/mol. The van der Waals surface area contributed by atoms with E-state index in [1.54, 1.807) is 0 Å². The number of likely N-dealkylation sites (tertiary alicyclic amines) is 1. The summed E-state index contributed by atoms with van der Waals surface area (Å²) in [6.07, 6.45) is 0.384. The highest BCUT2D eigenvalue weighted by Crippen LogP contribution is 2.29. The van der Waals surface area contributed by atoms with Crippen LogP contribution in [-0.4, -0.2) is 43.4 Å². The molecule has 0 aliphatic carbocycles. The second-order valence-electron chi connectivity index (χ2n) is 3.31. The van der Waals surface area contributed by atoms with Gasteiger partial charge in [0.05, 0.1) is 0 Å². The van der Waals surface area contributed by atoms with E-state index in [-0.39, 0.29) is 5.60 Å². The van der Waals surface area contributed by atoms with Crippen molar-refractivity contribution in [1.29, 1.82) is 0 Å². The summed E-state index contributed by atoms with van der Waals surface area (Å²) in [5.41, 5.74) is -0.314. The van der Waals surface area contributed by atoms with Crippen LogP contribution in [0.2, 0.25) is 0 Å². The third-order valence-electron chi connectivity index (χ3n) is 2.26. The van der Waals surface area contributed by atoms with E-state index in [9.17, 15) is 4.79 Å². The van der Waals surface area contributed by atoms with Gasteiger partial charge < -0.3 is 14.4 Å². The molecule has 0 radical (unpaired) electrons. The van der Waals surface area contributed by atoms with Gasteiger partial charge in [-0.1, -0.05) is 0 Å². The molecule has 0 aromatic rings. The Bertz CT molecular complexity index is 194. The summed E-state index contributed by atoms with van der Waals surface area (Å²) in [6.45, 7) is 2.21. The summed E-state index contributed by atoms with van der Waals surface area (Å²) in [7, 11) is 2.01. The van der Waals surface area contributed by atoms with Crippen molar-refractivity contribution in [2.24, 2.45) is 0 Å². The monoisotopic (exact) mass is 157 g/mol.